The molecule has 7 rings (SSSR count). The summed E-state index contributed by atoms with van der Waals surface area (Å²) in [5.41, 5.74) is 0.827. The van der Waals surface area contributed by atoms with E-state index in [1.54, 1.807) is 0 Å². The molecular weight excluding hydrogens is 409 g/mol. The minimum absolute atomic E-state index is 0.0851. The van der Waals surface area contributed by atoms with Crippen LogP contribution in [0.3, 0.4) is 0 Å². The third-order valence-electron chi connectivity index (χ3n) is 7.58. The van der Waals surface area contributed by atoms with E-state index >= 15 is 0 Å². The molecule has 2 aromatic carbocycles. The fraction of sp³-hybridized carbons (Fsp3) is 0.346. The number of amides is 2. The first-order valence-corrected chi connectivity index (χ1v) is 11.1. The lowest BCUT2D eigenvalue weighted by Gasteiger charge is -2.37. The predicted molar refractivity (Wildman–Crippen MR) is 113 cm³/mol. The monoisotopic (exact) mass is 431 g/mol. The van der Waals surface area contributed by atoms with Crippen molar-refractivity contribution in [2.24, 2.45) is 35.5 Å². The van der Waals surface area contributed by atoms with Gasteiger partial charge in [0.15, 0.2) is 0 Å². The zero-order valence-electron chi connectivity index (χ0n) is 17.3. The molecule has 5 nitrogen and oxygen atoms in total. The lowest BCUT2D eigenvalue weighted by molar-refractivity contribution is -0.153. The van der Waals surface area contributed by atoms with Crippen LogP contribution < -0.4 is 4.74 Å². The molecule has 1 saturated heterocycles. The summed E-state index contributed by atoms with van der Waals surface area (Å²) in [5, 5.41) is 0. The van der Waals surface area contributed by atoms with Crippen LogP contribution in [0.25, 0.3) is 0 Å². The number of ether oxygens (including phenoxy) is 1. The number of hydrogen-bond donors (Lipinski definition) is 0. The van der Waals surface area contributed by atoms with E-state index in [2.05, 4.69) is 12.2 Å². The molecule has 4 aliphatic carbocycles. The van der Waals surface area contributed by atoms with E-state index in [1.165, 1.54) is 29.2 Å². The van der Waals surface area contributed by atoms with E-state index in [9.17, 15) is 18.8 Å². The number of carbonyl (C=O) groups is 3. The van der Waals surface area contributed by atoms with Gasteiger partial charge in [-0.2, -0.15) is 0 Å². The van der Waals surface area contributed by atoms with Crippen LogP contribution in [0, 0.1) is 41.3 Å². The molecule has 1 heterocycles. The second-order valence-corrected chi connectivity index (χ2v) is 9.28. The maximum Gasteiger partial charge on any atom is 0.335 e. The lowest BCUT2D eigenvalue weighted by Crippen LogP contribution is -2.48. The molecule has 2 aromatic rings. The number of hydrogen-bond acceptors (Lipinski definition) is 4. The van der Waals surface area contributed by atoms with Gasteiger partial charge in [-0.05, 0) is 59.9 Å². The second-order valence-electron chi connectivity index (χ2n) is 9.28. The molecule has 5 aliphatic rings. The summed E-state index contributed by atoms with van der Waals surface area (Å²) in [6.07, 6.45) is 5.47. The summed E-state index contributed by atoms with van der Waals surface area (Å²) in [7, 11) is 0. The number of nitrogens with zero attached hydrogens (tertiary/aromatic N) is 1. The molecule has 162 valence electrons. The summed E-state index contributed by atoms with van der Waals surface area (Å²) >= 11 is 0. The average molecular weight is 431 g/mol. The number of imide groups is 1. The van der Waals surface area contributed by atoms with Crippen molar-refractivity contribution in [3.8, 4) is 5.75 Å². The Hall–Kier alpha value is -3.28. The van der Waals surface area contributed by atoms with Crippen molar-refractivity contribution in [1.29, 1.82) is 0 Å². The van der Waals surface area contributed by atoms with Crippen molar-refractivity contribution in [3.05, 3.63) is 78.1 Å². The van der Waals surface area contributed by atoms with E-state index in [4.69, 9.17) is 4.74 Å². The van der Waals surface area contributed by atoms with E-state index in [0.29, 0.717) is 11.8 Å². The Morgan fingerprint density at radius 2 is 1.53 bits per heavy atom. The van der Waals surface area contributed by atoms with Crippen LogP contribution in [0.4, 0.5) is 4.39 Å². The van der Waals surface area contributed by atoms with Crippen molar-refractivity contribution in [2.75, 3.05) is 0 Å². The largest absolute Gasteiger partial charge is 0.425 e. The minimum Gasteiger partial charge on any atom is -0.425 e. The van der Waals surface area contributed by atoms with Crippen LogP contribution in [0.5, 0.6) is 5.75 Å². The van der Waals surface area contributed by atoms with E-state index in [-0.39, 0.29) is 47.7 Å². The number of carbonyl (C=O) groups excluding carboxylic acids is 3. The average Bonchev–Trinajstić information content (AvgIpc) is 3.58. The zero-order chi connectivity index (χ0) is 22.0. The molecule has 0 unspecified atom stereocenters. The number of halogens is 1. The van der Waals surface area contributed by atoms with Crippen molar-refractivity contribution in [3.63, 3.8) is 0 Å². The Balaban J connectivity index is 1.33. The van der Waals surface area contributed by atoms with Gasteiger partial charge in [-0.1, -0.05) is 42.5 Å². The summed E-state index contributed by atoms with van der Waals surface area (Å²) in [6.45, 7) is 0. The molecule has 2 saturated carbocycles. The van der Waals surface area contributed by atoms with Crippen LogP contribution in [0.2, 0.25) is 0 Å². The number of benzene rings is 2. The van der Waals surface area contributed by atoms with Gasteiger partial charge in [0.2, 0.25) is 11.8 Å². The van der Waals surface area contributed by atoms with Crippen LogP contribution in [-0.4, -0.2) is 28.7 Å². The van der Waals surface area contributed by atoms with Gasteiger partial charge in [0.1, 0.15) is 17.6 Å². The van der Waals surface area contributed by atoms with Crippen molar-refractivity contribution >= 4 is 17.8 Å². The number of likely N-dealkylation sites (tertiary alicyclic amines) is 1. The van der Waals surface area contributed by atoms with E-state index in [1.807, 2.05) is 30.3 Å². The lowest BCUT2D eigenvalue weighted by atomic mass is 9.63. The van der Waals surface area contributed by atoms with Gasteiger partial charge in [-0.15, -0.1) is 0 Å². The van der Waals surface area contributed by atoms with Gasteiger partial charge in [0.05, 0.1) is 11.8 Å². The van der Waals surface area contributed by atoms with Crippen molar-refractivity contribution in [2.45, 2.75) is 18.9 Å². The van der Waals surface area contributed by atoms with Crippen LogP contribution in [0.15, 0.2) is 66.7 Å². The predicted octanol–water partition coefficient (Wildman–Crippen LogP) is 3.40. The van der Waals surface area contributed by atoms with Gasteiger partial charge < -0.3 is 4.74 Å². The highest BCUT2D eigenvalue weighted by Gasteiger charge is 2.68. The highest BCUT2D eigenvalue weighted by molar-refractivity contribution is 6.09. The molecule has 2 amide bonds. The van der Waals surface area contributed by atoms with Crippen LogP contribution in [-0.2, 0) is 20.8 Å². The molecule has 2 bridgehead atoms. The Labute approximate surface area is 184 Å². The van der Waals surface area contributed by atoms with Gasteiger partial charge >= 0.3 is 5.97 Å². The van der Waals surface area contributed by atoms with Crippen LogP contribution in [0.1, 0.15) is 12.0 Å². The van der Waals surface area contributed by atoms with E-state index < -0.39 is 17.8 Å². The molecule has 0 spiro atoms. The summed E-state index contributed by atoms with van der Waals surface area (Å²) < 4.78 is 18.8. The maximum atomic E-state index is 13.6. The SMILES string of the molecule is O=C(Oc1ccc(F)cc1)[C@H](Cc1ccccc1)N1C(=O)[C@@H]2[C@H]3C=C[C@@H]([C@@H]4C[C@H]34)[C@@H]2C1=O. The molecule has 1 aliphatic heterocycles. The van der Waals surface area contributed by atoms with Crippen molar-refractivity contribution < 1.29 is 23.5 Å². The van der Waals surface area contributed by atoms with E-state index in [0.717, 1.165) is 12.0 Å². The zero-order valence-corrected chi connectivity index (χ0v) is 17.3. The first kappa shape index (κ1) is 19.4. The smallest absolute Gasteiger partial charge is 0.335 e. The standard InChI is InChI=1S/C26H22FNO4/c27-15-6-8-16(9-7-15)32-26(31)21(12-14-4-2-1-3-5-14)28-24(29)22-17-10-11-18(20-13-19(17)20)23(22)25(28)30/h1-11,17-23H,12-13H2/t17-,18-,19-,20+,21-,22-,23+/m0/s1. The number of rotatable bonds is 5. The third-order valence-corrected chi connectivity index (χ3v) is 7.58. The highest BCUT2D eigenvalue weighted by atomic mass is 19.1. The fourth-order valence-corrected chi connectivity index (χ4v) is 6.09. The van der Waals surface area contributed by atoms with Gasteiger partial charge in [0.25, 0.3) is 0 Å². The quantitative estimate of drug-likeness (QED) is 0.315. The Morgan fingerprint density at radius 3 is 2.12 bits per heavy atom. The minimum atomic E-state index is -1.07. The summed E-state index contributed by atoms with van der Waals surface area (Å²) in [5.74, 6) is -1.09. The third kappa shape index (κ3) is 2.93. The van der Waals surface area contributed by atoms with Gasteiger partial charge in [-0.25, -0.2) is 9.18 Å². The molecule has 6 heteroatoms. The first-order chi connectivity index (χ1) is 15.5. The molecule has 32 heavy (non-hydrogen) atoms. The normalized spacial score (nSPS) is 32.5. The number of esters is 1. The Morgan fingerprint density at radius 1 is 0.938 bits per heavy atom. The summed E-state index contributed by atoms with van der Waals surface area (Å²) in [6, 6.07) is 13.3. The van der Waals surface area contributed by atoms with Gasteiger partial charge in [-0.3, -0.25) is 14.5 Å². The Kier molecular flexibility index (Phi) is 4.32. The maximum absolute atomic E-state index is 13.6. The molecule has 3 fully saturated rings. The molecular formula is C26H22FNO4. The molecule has 0 N–H and O–H groups in total. The molecule has 0 aromatic heterocycles. The first-order valence-electron chi connectivity index (χ1n) is 11.1. The Bertz CT molecular complexity index is 1090. The molecule has 7 atom stereocenters. The van der Waals surface area contributed by atoms with Crippen molar-refractivity contribution in [1.82, 2.24) is 4.90 Å². The summed E-state index contributed by atoms with van der Waals surface area (Å²) in [4.78, 5) is 41.5. The fourth-order valence-electron chi connectivity index (χ4n) is 6.09. The molecule has 0 radical (unpaired) electrons. The highest BCUT2D eigenvalue weighted by Crippen LogP contribution is 2.65. The van der Waals surface area contributed by atoms with Gasteiger partial charge in [0, 0.05) is 6.42 Å². The van der Waals surface area contributed by atoms with Crippen LogP contribution >= 0.6 is 0 Å². The second kappa shape index (κ2) is 7.12. The number of allylic oxidation sites excluding steroid dienone is 2. The topological polar surface area (TPSA) is 63.7 Å².